The molecule has 0 bridgehead atoms. The van der Waals surface area contributed by atoms with Crippen molar-refractivity contribution in [3.63, 3.8) is 0 Å². The molecule has 1 aliphatic carbocycles. The first-order valence-electron chi connectivity index (χ1n) is 10.6. The van der Waals surface area contributed by atoms with E-state index in [-0.39, 0.29) is 11.9 Å². The molecule has 2 heterocycles. The van der Waals surface area contributed by atoms with E-state index in [4.69, 9.17) is 5.73 Å². The fourth-order valence-electron chi connectivity index (χ4n) is 4.02. The van der Waals surface area contributed by atoms with E-state index < -0.39 is 6.04 Å². The second-order valence-electron chi connectivity index (χ2n) is 7.95. The molecule has 0 radical (unpaired) electrons. The molecule has 0 saturated heterocycles. The smallest absolute Gasteiger partial charge is 0.237 e. The van der Waals surface area contributed by atoms with Gasteiger partial charge in [0.1, 0.15) is 6.33 Å². The van der Waals surface area contributed by atoms with Gasteiger partial charge in [0.2, 0.25) is 5.91 Å². The highest BCUT2D eigenvalue weighted by molar-refractivity contribution is 5.81. The lowest BCUT2D eigenvalue weighted by molar-refractivity contribution is -0.123. The van der Waals surface area contributed by atoms with Crippen LogP contribution in [0.5, 0.6) is 0 Å². The Bertz CT molecular complexity index is 935. The molecule has 30 heavy (non-hydrogen) atoms. The number of hydrogen-bond donors (Lipinski definition) is 2. The van der Waals surface area contributed by atoms with Crippen LogP contribution in [0.3, 0.4) is 0 Å². The average molecular weight is 405 g/mol. The molecular formula is C23H28N6O. The number of rotatable bonds is 7. The SMILES string of the molecule is N[C@@H](CCc1ccccc1)C(=O)NC1CCC(n2cc(-c3ccncn3)cn2)CC1. The lowest BCUT2D eigenvalue weighted by atomic mass is 9.91. The summed E-state index contributed by atoms with van der Waals surface area (Å²) in [5.41, 5.74) is 9.21. The monoisotopic (exact) mass is 404 g/mol. The minimum atomic E-state index is -0.468. The van der Waals surface area contributed by atoms with Crippen molar-refractivity contribution in [3.05, 3.63) is 66.9 Å². The zero-order chi connectivity index (χ0) is 20.8. The van der Waals surface area contributed by atoms with Crippen molar-refractivity contribution < 1.29 is 4.79 Å². The third kappa shape index (κ3) is 5.10. The number of nitrogens with zero attached hydrogens (tertiary/aromatic N) is 4. The van der Waals surface area contributed by atoms with E-state index in [1.165, 1.54) is 5.56 Å². The molecule has 2 aromatic heterocycles. The van der Waals surface area contributed by atoms with Crippen molar-refractivity contribution in [1.29, 1.82) is 0 Å². The first-order chi connectivity index (χ1) is 14.7. The van der Waals surface area contributed by atoms with Gasteiger partial charge in [-0.05, 0) is 50.2 Å². The van der Waals surface area contributed by atoms with Gasteiger partial charge in [-0.25, -0.2) is 9.97 Å². The Hall–Kier alpha value is -3.06. The molecule has 7 nitrogen and oxygen atoms in total. The van der Waals surface area contributed by atoms with Crippen LogP contribution in [0.2, 0.25) is 0 Å². The third-order valence-electron chi connectivity index (χ3n) is 5.82. The average Bonchev–Trinajstić information content (AvgIpc) is 3.29. The maximum absolute atomic E-state index is 12.5. The van der Waals surface area contributed by atoms with Crippen molar-refractivity contribution in [3.8, 4) is 11.3 Å². The van der Waals surface area contributed by atoms with Crippen LogP contribution in [0.4, 0.5) is 0 Å². The standard InChI is InChI=1S/C23H28N6O/c24-21(11-6-17-4-2-1-3-5-17)23(30)28-19-7-9-20(10-8-19)29-15-18(14-27-29)22-12-13-25-16-26-22/h1-5,12-16,19-21H,6-11,24H2,(H,28,30)/t19?,20?,21-/m0/s1. The van der Waals surface area contributed by atoms with Crippen LogP contribution in [0.1, 0.15) is 43.7 Å². The lowest BCUT2D eigenvalue weighted by Gasteiger charge is -2.30. The van der Waals surface area contributed by atoms with Crippen molar-refractivity contribution in [2.24, 2.45) is 5.73 Å². The highest BCUT2D eigenvalue weighted by atomic mass is 16.2. The van der Waals surface area contributed by atoms with E-state index in [1.54, 1.807) is 12.5 Å². The van der Waals surface area contributed by atoms with Crippen molar-refractivity contribution >= 4 is 5.91 Å². The summed E-state index contributed by atoms with van der Waals surface area (Å²) in [4.78, 5) is 20.7. The molecule has 3 N–H and O–H groups in total. The fourth-order valence-corrected chi connectivity index (χ4v) is 4.02. The van der Waals surface area contributed by atoms with Gasteiger partial charge >= 0.3 is 0 Å². The predicted molar refractivity (Wildman–Crippen MR) is 115 cm³/mol. The van der Waals surface area contributed by atoms with Gasteiger partial charge in [0.05, 0.1) is 24.0 Å². The van der Waals surface area contributed by atoms with Gasteiger partial charge in [0.25, 0.3) is 0 Å². The molecule has 1 atom stereocenters. The molecule has 4 rings (SSSR count). The number of benzene rings is 1. The molecule has 3 aromatic rings. The molecule has 1 saturated carbocycles. The van der Waals surface area contributed by atoms with Gasteiger partial charge in [0.15, 0.2) is 0 Å². The van der Waals surface area contributed by atoms with Gasteiger partial charge < -0.3 is 11.1 Å². The van der Waals surface area contributed by atoms with Crippen LogP contribution in [-0.2, 0) is 11.2 Å². The Morgan fingerprint density at radius 2 is 1.97 bits per heavy atom. The number of aromatic nitrogens is 4. The van der Waals surface area contributed by atoms with Crippen molar-refractivity contribution in [2.45, 2.75) is 56.7 Å². The molecule has 0 spiro atoms. The lowest BCUT2D eigenvalue weighted by Crippen LogP contribution is -2.46. The van der Waals surface area contributed by atoms with Crippen LogP contribution in [0, 0.1) is 0 Å². The zero-order valence-corrected chi connectivity index (χ0v) is 17.0. The fraction of sp³-hybridized carbons (Fsp3) is 0.391. The summed E-state index contributed by atoms with van der Waals surface area (Å²) in [6.07, 6.45) is 12.5. The largest absolute Gasteiger partial charge is 0.352 e. The van der Waals surface area contributed by atoms with E-state index >= 15 is 0 Å². The highest BCUT2D eigenvalue weighted by Crippen LogP contribution is 2.29. The van der Waals surface area contributed by atoms with Gasteiger partial charge in [0, 0.05) is 24.0 Å². The molecular weight excluding hydrogens is 376 g/mol. The van der Waals surface area contributed by atoms with Crippen LogP contribution in [0.15, 0.2) is 61.3 Å². The number of amides is 1. The maximum atomic E-state index is 12.5. The normalized spacial score (nSPS) is 19.9. The van der Waals surface area contributed by atoms with E-state index in [0.717, 1.165) is 43.4 Å². The van der Waals surface area contributed by atoms with E-state index in [2.05, 4.69) is 32.5 Å². The first-order valence-corrected chi connectivity index (χ1v) is 10.6. The quantitative estimate of drug-likeness (QED) is 0.631. The Morgan fingerprint density at radius 1 is 1.17 bits per heavy atom. The molecule has 156 valence electrons. The van der Waals surface area contributed by atoms with Crippen LogP contribution < -0.4 is 11.1 Å². The first kappa shape index (κ1) is 20.2. The number of nitrogens with one attached hydrogen (secondary N) is 1. The molecule has 1 aliphatic rings. The number of hydrogen-bond acceptors (Lipinski definition) is 5. The number of nitrogens with two attached hydrogens (primary N) is 1. The summed E-state index contributed by atoms with van der Waals surface area (Å²) in [7, 11) is 0. The number of aryl methyl sites for hydroxylation is 1. The Balaban J connectivity index is 1.23. The van der Waals surface area contributed by atoms with Gasteiger partial charge in [-0.3, -0.25) is 9.48 Å². The minimum Gasteiger partial charge on any atom is -0.352 e. The van der Waals surface area contributed by atoms with Gasteiger partial charge in [-0.15, -0.1) is 0 Å². The van der Waals surface area contributed by atoms with Gasteiger partial charge in [-0.2, -0.15) is 5.10 Å². The summed E-state index contributed by atoms with van der Waals surface area (Å²) < 4.78 is 2.03. The third-order valence-corrected chi connectivity index (χ3v) is 5.82. The maximum Gasteiger partial charge on any atom is 0.237 e. The van der Waals surface area contributed by atoms with E-state index in [0.29, 0.717) is 12.5 Å². The Morgan fingerprint density at radius 3 is 2.70 bits per heavy atom. The summed E-state index contributed by atoms with van der Waals surface area (Å²) in [5.74, 6) is -0.0421. The second-order valence-corrected chi connectivity index (χ2v) is 7.95. The van der Waals surface area contributed by atoms with Crippen molar-refractivity contribution in [1.82, 2.24) is 25.1 Å². The topological polar surface area (TPSA) is 98.7 Å². The molecule has 0 aliphatic heterocycles. The van der Waals surface area contributed by atoms with Crippen LogP contribution in [-0.4, -0.2) is 37.7 Å². The molecule has 1 fully saturated rings. The Kier molecular flexibility index (Phi) is 6.49. The highest BCUT2D eigenvalue weighted by Gasteiger charge is 2.25. The number of carbonyl (C=O) groups is 1. The predicted octanol–water partition coefficient (Wildman–Crippen LogP) is 2.90. The molecule has 0 unspecified atom stereocenters. The summed E-state index contributed by atoms with van der Waals surface area (Å²) in [5, 5.41) is 7.68. The van der Waals surface area contributed by atoms with Crippen LogP contribution >= 0.6 is 0 Å². The van der Waals surface area contributed by atoms with E-state index in [1.807, 2.05) is 41.3 Å². The molecule has 1 aromatic carbocycles. The summed E-state index contributed by atoms with van der Waals surface area (Å²) in [6, 6.07) is 12.1. The molecule has 1 amide bonds. The molecule has 7 heteroatoms. The zero-order valence-electron chi connectivity index (χ0n) is 17.0. The second kappa shape index (κ2) is 9.63. The minimum absolute atomic E-state index is 0.0421. The number of carbonyl (C=O) groups excluding carboxylic acids is 1. The van der Waals surface area contributed by atoms with Crippen molar-refractivity contribution in [2.75, 3.05) is 0 Å². The van der Waals surface area contributed by atoms with E-state index in [9.17, 15) is 4.79 Å². The van der Waals surface area contributed by atoms with Crippen LogP contribution in [0.25, 0.3) is 11.3 Å². The summed E-state index contributed by atoms with van der Waals surface area (Å²) >= 11 is 0. The van der Waals surface area contributed by atoms with Gasteiger partial charge in [-0.1, -0.05) is 30.3 Å². The summed E-state index contributed by atoms with van der Waals surface area (Å²) in [6.45, 7) is 0. The Labute approximate surface area is 176 Å².